The number of hydrogen-bond acceptors (Lipinski definition) is 5. The van der Waals surface area contributed by atoms with Gasteiger partial charge in [0.15, 0.2) is 11.5 Å². The molecule has 0 unspecified atom stereocenters. The van der Waals surface area contributed by atoms with Crippen molar-refractivity contribution < 1.29 is 14.3 Å². The number of carbonyl (C=O) groups is 1. The molecular formula is C24H30N4O3. The molecule has 7 heteroatoms. The number of pyridine rings is 1. The zero-order chi connectivity index (χ0) is 21.6. The van der Waals surface area contributed by atoms with E-state index >= 15 is 0 Å². The Bertz CT molecular complexity index is 992. The normalized spacial score (nSPS) is 14.7. The lowest BCUT2D eigenvalue weighted by Crippen LogP contribution is -2.48. The van der Waals surface area contributed by atoms with Crippen LogP contribution in [-0.2, 0) is 6.54 Å². The molecule has 7 nitrogen and oxygen atoms in total. The Labute approximate surface area is 183 Å². The van der Waals surface area contributed by atoms with Crippen molar-refractivity contribution in [1.82, 2.24) is 19.2 Å². The van der Waals surface area contributed by atoms with Gasteiger partial charge in [0.1, 0.15) is 5.65 Å². The minimum absolute atomic E-state index is 0.0331. The molecule has 0 spiro atoms. The highest BCUT2D eigenvalue weighted by atomic mass is 16.5. The molecule has 0 radical (unpaired) electrons. The average molecular weight is 423 g/mol. The minimum atomic E-state index is 0.0331. The summed E-state index contributed by atoms with van der Waals surface area (Å²) in [5, 5.41) is 0. The van der Waals surface area contributed by atoms with Gasteiger partial charge in [-0.15, -0.1) is 0 Å². The van der Waals surface area contributed by atoms with Gasteiger partial charge in [0.2, 0.25) is 0 Å². The molecule has 1 saturated heterocycles. The van der Waals surface area contributed by atoms with Gasteiger partial charge in [-0.3, -0.25) is 9.69 Å². The lowest BCUT2D eigenvalue weighted by atomic mass is 10.1. The molecule has 0 atom stereocenters. The predicted molar refractivity (Wildman–Crippen MR) is 120 cm³/mol. The Morgan fingerprint density at radius 1 is 1.10 bits per heavy atom. The molecule has 0 saturated carbocycles. The molecule has 3 heterocycles. The molecule has 0 bridgehead atoms. The second-order valence-corrected chi connectivity index (χ2v) is 7.83. The van der Waals surface area contributed by atoms with Crippen LogP contribution in [0.5, 0.6) is 11.5 Å². The van der Waals surface area contributed by atoms with Gasteiger partial charge in [0, 0.05) is 50.7 Å². The van der Waals surface area contributed by atoms with Crippen LogP contribution in [0.2, 0.25) is 0 Å². The van der Waals surface area contributed by atoms with Crippen molar-refractivity contribution in [2.75, 3.05) is 39.9 Å². The zero-order valence-corrected chi connectivity index (χ0v) is 18.3. The number of rotatable bonds is 8. The molecular weight excluding hydrogens is 392 g/mol. The van der Waals surface area contributed by atoms with Gasteiger partial charge >= 0.3 is 0 Å². The monoisotopic (exact) mass is 422 g/mol. The lowest BCUT2D eigenvalue weighted by molar-refractivity contribution is 0.0627. The van der Waals surface area contributed by atoms with Crippen LogP contribution in [0.1, 0.15) is 35.8 Å². The molecule has 2 aromatic heterocycles. The van der Waals surface area contributed by atoms with Crippen LogP contribution in [0.4, 0.5) is 0 Å². The van der Waals surface area contributed by atoms with Crippen molar-refractivity contribution in [1.29, 1.82) is 0 Å². The largest absolute Gasteiger partial charge is 0.493 e. The quantitative estimate of drug-likeness (QED) is 0.520. The summed E-state index contributed by atoms with van der Waals surface area (Å²) < 4.78 is 13.3. The fourth-order valence-corrected chi connectivity index (χ4v) is 3.83. The molecule has 1 fully saturated rings. The summed E-state index contributed by atoms with van der Waals surface area (Å²) >= 11 is 0. The summed E-state index contributed by atoms with van der Waals surface area (Å²) in [4.78, 5) is 21.9. The van der Waals surface area contributed by atoms with Gasteiger partial charge in [0.05, 0.1) is 19.4 Å². The maximum Gasteiger partial charge on any atom is 0.254 e. The summed E-state index contributed by atoms with van der Waals surface area (Å²) in [5.41, 5.74) is 2.64. The van der Waals surface area contributed by atoms with E-state index in [9.17, 15) is 4.79 Å². The fraction of sp³-hybridized carbons (Fsp3) is 0.417. The van der Waals surface area contributed by atoms with Crippen molar-refractivity contribution in [3.05, 3.63) is 60.0 Å². The van der Waals surface area contributed by atoms with Crippen LogP contribution in [0.3, 0.4) is 0 Å². The van der Waals surface area contributed by atoms with Crippen LogP contribution < -0.4 is 9.47 Å². The molecule has 3 aromatic rings. The number of aromatic nitrogens is 2. The van der Waals surface area contributed by atoms with Gasteiger partial charge in [-0.1, -0.05) is 19.4 Å². The number of hydrogen-bond donors (Lipinski definition) is 0. The number of imidazole rings is 1. The highest BCUT2D eigenvalue weighted by Crippen LogP contribution is 2.29. The Balaban J connectivity index is 1.34. The van der Waals surface area contributed by atoms with E-state index in [0.717, 1.165) is 43.8 Å². The van der Waals surface area contributed by atoms with E-state index in [4.69, 9.17) is 9.47 Å². The smallest absolute Gasteiger partial charge is 0.254 e. The van der Waals surface area contributed by atoms with E-state index in [2.05, 4.69) is 23.0 Å². The van der Waals surface area contributed by atoms with E-state index in [-0.39, 0.29) is 5.91 Å². The van der Waals surface area contributed by atoms with Crippen LogP contribution in [0.25, 0.3) is 5.65 Å². The van der Waals surface area contributed by atoms with Crippen molar-refractivity contribution >= 4 is 11.6 Å². The number of nitrogens with zero attached hydrogens (tertiary/aromatic N) is 4. The van der Waals surface area contributed by atoms with Crippen LogP contribution >= 0.6 is 0 Å². The lowest BCUT2D eigenvalue weighted by Gasteiger charge is -2.34. The number of fused-ring (bicyclic) bond motifs is 1. The second-order valence-electron chi connectivity index (χ2n) is 7.83. The topological polar surface area (TPSA) is 59.3 Å². The van der Waals surface area contributed by atoms with Crippen molar-refractivity contribution in [2.24, 2.45) is 0 Å². The Morgan fingerprint density at radius 3 is 2.68 bits per heavy atom. The Hall–Kier alpha value is -3.06. The van der Waals surface area contributed by atoms with Crippen LogP contribution in [0.15, 0.2) is 48.8 Å². The fourth-order valence-electron chi connectivity index (χ4n) is 3.83. The summed E-state index contributed by atoms with van der Waals surface area (Å²) in [7, 11) is 1.61. The first kappa shape index (κ1) is 21.2. The number of unbranched alkanes of at least 4 members (excludes halogenated alkanes) is 1. The molecule has 31 heavy (non-hydrogen) atoms. The highest BCUT2D eigenvalue weighted by molar-refractivity contribution is 5.95. The maximum atomic E-state index is 13.0. The van der Waals surface area contributed by atoms with Crippen molar-refractivity contribution in [3.8, 4) is 11.5 Å². The molecule has 1 aliphatic heterocycles. The van der Waals surface area contributed by atoms with E-state index < -0.39 is 0 Å². The highest BCUT2D eigenvalue weighted by Gasteiger charge is 2.23. The number of amides is 1. The van der Waals surface area contributed by atoms with Crippen molar-refractivity contribution in [3.63, 3.8) is 0 Å². The minimum Gasteiger partial charge on any atom is -0.493 e. The first-order valence-corrected chi connectivity index (χ1v) is 10.9. The first-order valence-electron chi connectivity index (χ1n) is 10.9. The molecule has 1 amide bonds. The molecule has 1 aliphatic rings. The summed E-state index contributed by atoms with van der Waals surface area (Å²) in [6, 6.07) is 11.5. The van der Waals surface area contributed by atoms with Gasteiger partial charge in [-0.25, -0.2) is 4.98 Å². The third kappa shape index (κ3) is 4.99. The number of methoxy groups -OCH3 is 1. The van der Waals surface area contributed by atoms with E-state index in [1.807, 2.05) is 45.8 Å². The third-order valence-electron chi connectivity index (χ3n) is 5.63. The Kier molecular flexibility index (Phi) is 6.72. The molecule has 0 N–H and O–H groups in total. The summed E-state index contributed by atoms with van der Waals surface area (Å²) in [5.74, 6) is 1.32. The first-order chi connectivity index (χ1) is 15.2. The van der Waals surface area contributed by atoms with Gasteiger partial charge in [0.25, 0.3) is 5.91 Å². The number of carbonyl (C=O) groups excluding carboxylic acids is 1. The number of piperazine rings is 1. The van der Waals surface area contributed by atoms with E-state index in [1.165, 1.54) is 0 Å². The molecule has 164 valence electrons. The van der Waals surface area contributed by atoms with E-state index in [1.54, 1.807) is 13.2 Å². The van der Waals surface area contributed by atoms with Crippen LogP contribution in [0, 0.1) is 0 Å². The predicted octanol–water partition coefficient (Wildman–Crippen LogP) is 3.48. The molecule has 0 aliphatic carbocycles. The van der Waals surface area contributed by atoms with Gasteiger partial charge < -0.3 is 18.8 Å². The molecule has 1 aromatic carbocycles. The summed E-state index contributed by atoms with van der Waals surface area (Å²) in [6.07, 6.45) is 6.14. The standard InChI is InChI=1S/C24H30N4O3/c1-3-4-15-31-21-9-8-19(16-22(21)30-2)24(29)27-13-11-26(12-14-27)17-20-18-28-10-6-5-7-23(28)25-20/h5-10,16,18H,3-4,11-15,17H2,1-2H3. The van der Waals surface area contributed by atoms with Gasteiger partial charge in [-0.05, 0) is 36.8 Å². The van der Waals surface area contributed by atoms with Gasteiger partial charge in [-0.2, -0.15) is 0 Å². The second kappa shape index (κ2) is 9.83. The molecule has 4 rings (SSSR count). The SMILES string of the molecule is CCCCOc1ccc(C(=O)N2CCN(Cc3cn4ccccc4n3)CC2)cc1OC. The zero-order valence-electron chi connectivity index (χ0n) is 18.3. The summed E-state index contributed by atoms with van der Waals surface area (Å²) in [6.45, 7) is 6.62. The third-order valence-corrected chi connectivity index (χ3v) is 5.63. The van der Waals surface area contributed by atoms with Crippen molar-refractivity contribution in [2.45, 2.75) is 26.3 Å². The number of benzene rings is 1. The Morgan fingerprint density at radius 2 is 1.94 bits per heavy atom. The van der Waals surface area contributed by atoms with Crippen LogP contribution in [-0.4, -0.2) is 65.0 Å². The average Bonchev–Trinajstić information content (AvgIpc) is 3.21. The number of ether oxygens (including phenoxy) is 2. The maximum absolute atomic E-state index is 13.0. The van der Waals surface area contributed by atoms with E-state index in [0.29, 0.717) is 36.8 Å².